The summed E-state index contributed by atoms with van der Waals surface area (Å²) in [4.78, 5) is 12.6. The van der Waals surface area contributed by atoms with Crippen LogP contribution in [0.4, 0.5) is 0 Å². The van der Waals surface area contributed by atoms with Crippen molar-refractivity contribution in [3.8, 4) is 17.6 Å². The quantitative estimate of drug-likeness (QED) is 0.301. The second-order valence-electron chi connectivity index (χ2n) is 6.76. The Bertz CT molecular complexity index is 1170. The van der Waals surface area contributed by atoms with Crippen LogP contribution in [0.15, 0.2) is 76.8 Å². The largest absolute Gasteiger partial charge is 0.497 e. The number of carbonyl (C=O) groups is 1. The van der Waals surface area contributed by atoms with E-state index in [0.29, 0.717) is 16.3 Å². The summed E-state index contributed by atoms with van der Waals surface area (Å²) >= 11 is 9.63. The van der Waals surface area contributed by atoms with Gasteiger partial charge >= 0.3 is 0 Å². The van der Waals surface area contributed by atoms with Crippen molar-refractivity contribution in [3.05, 3.63) is 98.5 Å². The first-order chi connectivity index (χ1) is 15.5. The molecule has 0 bridgehead atoms. The van der Waals surface area contributed by atoms with Gasteiger partial charge in [-0.2, -0.15) is 5.26 Å². The molecule has 3 rings (SSSR count). The van der Waals surface area contributed by atoms with Gasteiger partial charge in [0.15, 0.2) is 0 Å². The number of benzene rings is 3. The van der Waals surface area contributed by atoms with E-state index in [1.54, 1.807) is 25.3 Å². The average Bonchev–Trinajstić information content (AvgIpc) is 2.81. The van der Waals surface area contributed by atoms with E-state index in [9.17, 15) is 10.1 Å². The number of nitrogens with zero attached hydrogens (tertiary/aromatic N) is 1. The lowest BCUT2D eigenvalue weighted by molar-refractivity contribution is -0.117. The number of hydrogen-bond donors (Lipinski definition) is 1. The first-order valence-corrected chi connectivity index (χ1v) is 10.9. The van der Waals surface area contributed by atoms with Crippen molar-refractivity contribution < 1.29 is 14.3 Å². The molecule has 3 aromatic rings. The van der Waals surface area contributed by atoms with Crippen LogP contribution in [0.1, 0.15) is 16.7 Å². The van der Waals surface area contributed by atoms with Crippen LogP contribution >= 0.6 is 27.5 Å². The van der Waals surface area contributed by atoms with Crippen LogP contribution in [-0.4, -0.2) is 13.0 Å². The minimum Gasteiger partial charge on any atom is -0.497 e. The Hall–Kier alpha value is -3.27. The molecule has 0 fully saturated rings. The van der Waals surface area contributed by atoms with Crippen molar-refractivity contribution in [1.29, 1.82) is 5.26 Å². The van der Waals surface area contributed by atoms with Gasteiger partial charge in [0.1, 0.15) is 29.7 Å². The fourth-order valence-electron chi connectivity index (χ4n) is 2.86. The Morgan fingerprint density at radius 2 is 1.91 bits per heavy atom. The number of methoxy groups -OCH3 is 1. The second kappa shape index (κ2) is 11.4. The van der Waals surface area contributed by atoms with Gasteiger partial charge in [-0.3, -0.25) is 4.79 Å². The zero-order chi connectivity index (χ0) is 22.9. The lowest BCUT2D eigenvalue weighted by Gasteiger charge is -2.11. The highest BCUT2D eigenvalue weighted by atomic mass is 79.9. The molecule has 0 heterocycles. The number of nitrogens with one attached hydrogen (secondary N) is 1. The van der Waals surface area contributed by atoms with Crippen LogP contribution < -0.4 is 14.8 Å². The third-order valence-corrected chi connectivity index (χ3v) is 5.45. The maximum atomic E-state index is 12.6. The molecule has 0 saturated carbocycles. The summed E-state index contributed by atoms with van der Waals surface area (Å²) in [5.74, 6) is 0.792. The van der Waals surface area contributed by atoms with Gasteiger partial charge in [0.2, 0.25) is 0 Å². The highest BCUT2D eigenvalue weighted by molar-refractivity contribution is 9.10. The van der Waals surface area contributed by atoms with Crippen LogP contribution in [0.3, 0.4) is 0 Å². The van der Waals surface area contributed by atoms with E-state index in [4.69, 9.17) is 21.1 Å². The molecule has 5 nitrogen and oxygen atoms in total. The van der Waals surface area contributed by atoms with Crippen LogP contribution in [0.25, 0.3) is 6.08 Å². The van der Waals surface area contributed by atoms with Gasteiger partial charge in [0, 0.05) is 27.2 Å². The summed E-state index contributed by atoms with van der Waals surface area (Å²) in [5.41, 5.74) is 2.30. The Labute approximate surface area is 200 Å². The number of halogens is 2. The highest BCUT2D eigenvalue weighted by Crippen LogP contribution is 2.27. The van der Waals surface area contributed by atoms with E-state index in [2.05, 4.69) is 21.2 Å². The van der Waals surface area contributed by atoms with E-state index in [-0.39, 0.29) is 18.7 Å². The molecule has 0 radical (unpaired) electrons. The molecule has 0 aliphatic heterocycles. The van der Waals surface area contributed by atoms with Crippen molar-refractivity contribution in [2.24, 2.45) is 0 Å². The van der Waals surface area contributed by atoms with E-state index < -0.39 is 5.91 Å². The third-order valence-electron chi connectivity index (χ3n) is 4.59. The number of nitriles is 1. The number of hydrogen-bond acceptors (Lipinski definition) is 4. The summed E-state index contributed by atoms with van der Waals surface area (Å²) in [6.07, 6.45) is 1.51. The lowest BCUT2D eigenvalue weighted by Crippen LogP contribution is -2.23. The van der Waals surface area contributed by atoms with Gasteiger partial charge in [-0.1, -0.05) is 57.9 Å². The summed E-state index contributed by atoms with van der Waals surface area (Å²) in [5, 5.41) is 12.9. The van der Waals surface area contributed by atoms with Crippen molar-refractivity contribution >= 4 is 39.5 Å². The van der Waals surface area contributed by atoms with Gasteiger partial charge in [0.25, 0.3) is 5.91 Å². The minimum atomic E-state index is -0.472. The number of ether oxygens (including phenoxy) is 2. The first kappa shape index (κ1) is 23.4. The normalized spacial score (nSPS) is 10.9. The lowest BCUT2D eigenvalue weighted by atomic mass is 10.1. The van der Waals surface area contributed by atoms with Crippen molar-refractivity contribution in [3.63, 3.8) is 0 Å². The Kier molecular flexibility index (Phi) is 8.32. The van der Waals surface area contributed by atoms with Gasteiger partial charge in [-0.25, -0.2) is 0 Å². The molecule has 0 aromatic heterocycles. The molecule has 162 valence electrons. The molecular formula is C25H20BrClN2O3. The smallest absolute Gasteiger partial charge is 0.262 e. The zero-order valence-electron chi connectivity index (χ0n) is 17.3. The predicted octanol–water partition coefficient (Wildman–Crippen LogP) is 5.91. The fraction of sp³-hybridized carbons (Fsp3) is 0.120. The Balaban J connectivity index is 1.75. The molecule has 0 aliphatic rings. The summed E-state index contributed by atoms with van der Waals surface area (Å²) in [6, 6.07) is 22.1. The average molecular weight is 512 g/mol. The highest BCUT2D eigenvalue weighted by Gasteiger charge is 2.12. The monoisotopic (exact) mass is 510 g/mol. The molecule has 7 heteroatoms. The standard InChI is InChI=1S/C25H20BrClN2O3/c1-31-22-9-6-17(7-10-22)15-29-25(30)20(14-28)12-19-13-21(26)8-11-24(19)32-16-18-4-2-3-5-23(18)27/h2-13H,15-16H2,1H3,(H,29,30)/b20-12-. The number of carbonyl (C=O) groups excluding carboxylic acids is 1. The van der Waals surface area contributed by atoms with Crippen LogP contribution in [0.2, 0.25) is 5.02 Å². The molecule has 1 N–H and O–H groups in total. The first-order valence-electron chi connectivity index (χ1n) is 9.69. The molecule has 0 aliphatic carbocycles. The number of amides is 1. The molecule has 0 saturated heterocycles. The zero-order valence-corrected chi connectivity index (χ0v) is 19.6. The van der Waals surface area contributed by atoms with E-state index in [0.717, 1.165) is 21.3 Å². The summed E-state index contributed by atoms with van der Waals surface area (Å²) in [6.45, 7) is 0.546. The molecule has 3 aromatic carbocycles. The second-order valence-corrected chi connectivity index (χ2v) is 8.09. The van der Waals surface area contributed by atoms with Gasteiger partial charge in [-0.05, 0) is 48.0 Å². The van der Waals surface area contributed by atoms with Crippen LogP contribution in [-0.2, 0) is 17.9 Å². The SMILES string of the molecule is COc1ccc(CNC(=O)/C(C#N)=C\c2cc(Br)ccc2OCc2ccccc2Cl)cc1. The topological polar surface area (TPSA) is 71.3 Å². The van der Waals surface area contributed by atoms with E-state index in [1.807, 2.05) is 54.6 Å². The van der Waals surface area contributed by atoms with E-state index in [1.165, 1.54) is 6.08 Å². The van der Waals surface area contributed by atoms with Crippen molar-refractivity contribution in [2.45, 2.75) is 13.2 Å². The number of rotatable bonds is 8. The maximum absolute atomic E-state index is 12.6. The van der Waals surface area contributed by atoms with Crippen LogP contribution in [0.5, 0.6) is 11.5 Å². The predicted molar refractivity (Wildman–Crippen MR) is 128 cm³/mol. The molecule has 0 unspecified atom stereocenters. The van der Waals surface area contributed by atoms with E-state index >= 15 is 0 Å². The van der Waals surface area contributed by atoms with Gasteiger partial charge < -0.3 is 14.8 Å². The van der Waals surface area contributed by atoms with Crippen molar-refractivity contribution in [2.75, 3.05) is 7.11 Å². The Morgan fingerprint density at radius 1 is 1.16 bits per heavy atom. The summed E-state index contributed by atoms with van der Waals surface area (Å²) < 4.78 is 11.9. The Morgan fingerprint density at radius 3 is 2.59 bits per heavy atom. The third kappa shape index (κ3) is 6.36. The van der Waals surface area contributed by atoms with Crippen LogP contribution in [0, 0.1) is 11.3 Å². The molecule has 0 atom stereocenters. The summed E-state index contributed by atoms with van der Waals surface area (Å²) in [7, 11) is 1.59. The molecular weight excluding hydrogens is 492 g/mol. The fourth-order valence-corrected chi connectivity index (χ4v) is 3.43. The minimum absolute atomic E-state index is 0.0285. The molecule has 32 heavy (non-hydrogen) atoms. The van der Waals surface area contributed by atoms with Gasteiger partial charge in [-0.15, -0.1) is 0 Å². The van der Waals surface area contributed by atoms with Crippen molar-refractivity contribution in [1.82, 2.24) is 5.32 Å². The maximum Gasteiger partial charge on any atom is 0.262 e. The molecule has 0 spiro atoms. The molecule has 1 amide bonds. The van der Waals surface area contributed by atoms with Gasteiger partial charge in [0.05, 0.1) is 7.11 Å².